The van der Waals surface area contributed by atoms with Crippen LogP contribution in [0.1, 0.15) is 41.1 Å². The van der Waals surface area contributed by atoms with Crippen molar-refractivity contribution in [1.29, 1.82) is 0 Å². The van der Waals surface area contributed by atoms with Crippen LogP contribution in [0.25, 0.3) is 0 Å². The molecule has 1 fully saturated rings. The van der Waals surface area contributed by atoms with Crippen molar-refractivity contribution in [1.82, 2.24) is 9.97 Å². The van der Waals surface area contributed by atoms with Crippen LogP contribution in [0.4, 0.5) is 5.82 Å². The summed E-state index contributed by atoms with van der Waals surface area (Å²) in [6, 6.07) is 3.02. The lowest BCUT2D eigenvalue weighted by Gasteiger charge is -2.15. The third-order valence-electron chi connectivity index (χ3n) is 4.35. The van der Waals surface area contributed by atoms with Gasteiger partial charge in [0.15, 0.2) is 5.76 Å². The van der Waals surface area contributed by atoms with Crippen molar-refractivity contribution < 1.29 is 26.9 Å². The molecule has 0 radical (unpaired) electrons. The third kappa shape index (κ3) is 5.10. The lowest BCUT2D eigenvalue weighted by Crippen LogP contribution is -2.22. The SMILES string of the molecule is NS(=O)(=O)OC[C@@H]1CC[C@H](Nc2ncncc2C(=O)c2ccc(CO)o2)C1. The number of nitrogens with one attached hydrogen (secondary N) is 1. The van der Waals surface area contributed by atoms with Crippen LogP contribution in [0.15, 0.2) is 29.1 Å². The van der Waals surface area contributed by atoms with E-state index < -0.39 is 16.1 Å². The topological polar surface area (TPSA) is 158 Å². The van der Waals surface area contributed by atoms with E-state index in [-0.39, 0.29) is 42.3 Å². The van der Waals surface area contributed by atoms with E-state index in [1.54, 1.807) is 0 Å². The number of rotatable bonds is 8. The maximum Gasteiger partial charge on any atom is 0.333 e. The molecule has 0 aromatic carbocycles. The number of anilines is 1. The Kier molecular flexibility index (Phi) is 5.85. The van der Waals surface area contributed by atoms with Crippen molar-refractivity contribution in [3.8, 4) is 0 Å². The van der Waals surface area contributed by atoms with Gasteiger partial charge in [-0.05, 0) is 37.3 Å². The molecule has 3 rings (SSSR count). The molecule has 2 heterocycles. The number of aliphatic hydroxyl groups is 1. The van der Waals surface area contributed by atoms with Gasteiger partial charge >= 0.3 is 10.3 Å². The van der Waals surface area contributed by atoms with Gasteiger partial charge in [0, 0.05) is 12.2 Å². The molecule has 0 saturated heterocycles. The highest BCUT2D eigenvalue weighted by atomic mass is 32.2. The van der Waals surface area contributed by atoms with Crippen molar-refractivity contribution in [2.75, 3.05) is 11.9 Å². The predicted octanol–water partition coefficient (Wildman–Crippen LogP) is 0.594. The Labute approximate surface area is 156 Å². The molecule has 2 aromatic rings. The van der Waals surface area contributed by atoms with Crippen molar-refractivity contribution in [2.24, 2.45) is 11.1 Å². The van der Waals surface area contributed by atoms with Crippen molar-refractivity contribution in [3.63, 3.8) is 0 Å². The first-order valence-corrected chi connectivity index (χ1v) is 9.81. The summed E-state index contributed by atoms with van der Waals surface area (Å²) >= 11 is 0. The van der Waals surface area contributed by atoms with E-state index in [0.717, 1.165) is 12.8 Å². The van der Waals surface area contributed by atoms with E-state index in [9.17, 15) is 13.2 Å². The number of carbonyl (C=O) groups excluding carboxylic acids is 1. The summed E-state index contributed by atoms with van der Waals surface area (Å²) < 4.78 is 31.7. The van der Waals surface area contributed by atoms with E-state index in [4.69, 9.17) is 14.7 Å². The number of hydrogen-bond acceptors (Lipinski definition) is 9. The number of nitrogens with zero attached hydrogens (tertiary/aromatic N) is 2. The fourth-order valence-electron chi connectivity index (χ4n) is 3.07. The van der Waals surface area contributed by atoms with Gasteiger partial charge in [0.2, 0.25) is 5.78 Å². The van der Waals surface area contributed by atoms with Gasteiger partial charge in [0.25, 0.3) is 0 Å². The summed E-state index contributed by atoms with van der Waals surface area (Å²) in [5, 5.41) is 17.1. The van der Waals surface area contributed by atoms with Crippen LogP contribution < -0.4 is 10.5 Å². The van der Waals surface area contributed by atoms with Gasteiger partial charge in [-0.2, -0.15) is 8.42 Å². The molecule has 4 N–H and O–H groups in total. The largest absolute Gasteiger partial charge is 0.455 e. The fourth-order valence-corrected chi connectivity index (χ4v) is 3.45. The molecule has 10 nitrogen and oxygen atoms in total. The Balaban J connectivity index is 1.67. The van der Waals surface area contributed by atoms with Gasteiger partial charge in [-0.1, -0.05) is 0 Å². The molecule has 0 spiro atoms. The number of aliphatic hydroxyl groups excluding tert-OH is 1. The Morgan fingerprint density at radius 3 is 2.93 bits per heavy atom. The monoisotopic (exact) mass is 396 g/mol. The van der Waals surface area contributed by atoms with Gasteiger partial charge < -0.3 is 14.8 Å². The minimum absolute atomic E-state index is 0.00475. The first kappa shape index (κ1) is 19.4. The highest BCUT2D eigenvalue weighted by Crippen LogP contribution is 2.29. The highest BCUT2D eigenvalue weighted by molar-refractivity contribution is 7.84. The average molecular weight is 396 g/mol. The molecule has 146 valence electrons. The molecule has 0 aliphatic heterocycles. The number of ketones is 1. The van der Waals surface area contributed by atoms with Gasteiger partial charge in [-0.15, -0.1) is 0 Å². The van der Waals surface area contributed by atoms with Crippen LogP contribution in [0.2, 0.25) is 0 Å². The van der Waals surface area contributed by atoms with Gasteiger partial charge in [0.05, 0.1) is 12.2 Å². The van der Waals surface area contributed by atoms with Crippen molar-refractivity contribution in [2.45, 2.75) is 31.9 Å². The maximum atomic E-state index is 12.7. The second-order valence-corrected chi connectivity index (χ2v) is 7.56. The van der Waals surface area contributed by atoms with Gasteiger partial charge in [-0.3, -0.25) is 8.98 Å². The summed E-state index contributed by atoms with van der Waals surface area (Å²) in [6.45, 7) is -0.267. The van der Waals surface area contributed by atoms with Crippen LogP contribution >= 0.6 is 0 Å². The fraction of sp³-hybridized carbons (Fsp3) is 0.438. The summed E-state index contributed by atoms with van der Waals surface area (Å²) in [5.74, 6) is 0.389. The Morgan fingerprint density at radius 2 is 2.22 bits per heavy atom. The predicted molar refractivity (Wildman–Crippen MR) is 93.9 cm³/mol. The van der Waals surface area contributed by atoms with Crippen LogP contribution in [0.5, 0.6) is 0 Å². The molecule has 0 amide bonds. The smallest absolute Gasteiger partial charge is 0.333 e. The van der Waals surface area contributed by atoms with Crippen molar-refractivity contribution >= 4 is 21.9 Å². The second-order valence-electron chi connectivity index (χ2n) is 6.34. The quantitative estimate of drug-likeness (QED) is 0.543. The zero-order chi connectivity index (χ0) is 19.4. The summed E-state index contributed by atoms with van der Waals surface area (Å²) in [4.78, 5) is 20.7. The molecular formula is C16H20N4O6S. The third-order valence-corrected chi connectivity index (χ3v) is 4.81. The first-order valence-electron chi connectivity index (χ1n) is 8.33. The molecule has 27 heavy (non-hydrogen) atoms. The summed E-state index contributed by atoms with van der Waals surface area (Å²) in [6.07, 6.45) is 4.92. The number of aromatic nitrogens is 2. The molecule has 11 heteroatoms. The molecule has 1 aliphatic rings. The van der Waals surface area contributed by atoms with Crippen LogP contribution in [-0.2, 0) is 21.1 Å². The first-order chi connectivity index (χ1) is 12.9. The van der Waals surface area contributed by atoms with Gasteiger partial charge in [-0.25, -0.2) is 15.1 Å². The van der Waals surface area contributed by atoms with Gasteiger partial charge in [0.1, 0.15) is 24.5 Å². The molecule has 2 aromatic heterocycles. The summed E-state index contributed by atoms with van der Waals surface area (Å²) in [5.41, 5.74) is 0.251. The molecule has 0 bridgehead atoms. The van der Waals surface area contributed by atoms with Crippen LogP contribution in [0.3, 0.4) is 0 Å². The standard InChI is InChI=1S/C16H20N4O6S/c17-27(23,24)25-8-10-1-2-11(5-10)20-16-13(6-18-9-19-16)15(22)14-4-3-12(7-21)26-14/h3-4,6,9-11,21H,1-2,5,7-8H2,(H2,17,23,24)(H,18,19,20)/t10-,11+/m1/s1. The zero-order valence-corrected chi connectivity index (χ0v) is 15.2. The Morgan fingerprint density at radius 1 is 1.41 bits per heavy atom. The lowest BCUT2D eigenvalue weighted by molar-refractivity contribution is 0.100. The minimum Gasteiger partial charge on any atom is -0.455 e. The highest BCUT2D eigenvalue weighted by Gasteiger charge is 2.28. The van der Waals surface area contributed by atoms with E-state index in [2.05, 4.69) is 19.5 Å². The van der Waals surface area contributed by atoms with Crippen LogP contribution in [0, 0.1) is 5.92 Å². The minimum atomic E-state index is -3.95. The normalized spacial score (nSPS) is 19.9. The van der Waals surface area contributed by atoms with E-state index in [0.29, 0.717) is 12.2 Å². The molecular weight excluding hydrogens is 376 g/mol. The maximum absolute atomic E-state index is 12.7. The molecule has 0 unspecified atom stereocenters. The van der Waals surface area contributed by atoms with E-state index >= 15 is 0 Å². The number of nitrogens with two attached hydrogens (primary N) is 1. The lowest BCUT2D eigenvalue weighted by atomic mass is 10.1. The summed E-state index contributed by atoms with van der Waals surface area (Å²) in [7, 11) is -3.95. The molecule has 1 saturated carbocycles. The Bertz CT molecular complexity index is 913. The number of hydrogen-bond donors (Lipinski definition) is 3. The van der Waals surface area contributed by atoms with Crippen LogP contribution in [-0.4, -0.2) is 41.9 Å². The zero-order valence-electron chi connectivity index (χ0n) is 14.4. The van der Waals surface area contributed by atoms with Crippen molar-refractivity contribution in [3.05, 3.63) is 41.7 Å². The average Bonchev–Trinajstić information content (AvgIpc) is 3.28. The number of furan rings is 1. The molecule has 2 atom stereocenters. The van der Waals surface area contributed by atoms with E-state index in [1.165, 1.54) is 24.7 Å². The Hall–Kier alpha value is -2.34. The second kappa shape index (κ2) is 8.13. The number of carbonyl (C=O) groups is 1. The van der Waals surface area contributed by atoms with E-state index in [1.807, 2.05) is 0 Å². The molecule has 1 aliphatic carbocycles.